The minimum absolute atomic E-state index is 0.0425. The van der Waals surface area contributed by atoms with Crippen LogP contribution >= 0.6 is 0 Å². The number of nitrogens with one attached hydrogen (secondary N) is 1. The molecule has 0 aliphatic heterocycles. The molecule has 0 spiro atoms. The van der Waals surface area contributed by atoms with Crippen LogP contribution in [-0.4, -0.2) is 36.9 Å². The highest BCUT2D eigenvalue weighted by molar-refractivity contribution is 5.91. The predicted molar refractivity (Wildman–Crippen MR) is 110 cm³/mol. The number of hydrogen-bond acceptors (Lipinski definition) is 6. The highest BCUT2D eigenvalue weighted by Crippen LogP contribution is 2.29. The summed E-state index contributed by atoms with van der Waals surface area (Å²) in [7, 11) is 0. The van der Waals surface area contributed by atoms with Gasteiger partial charge in [-0.25, -0.2) is 4.68 Å². The van der Waals surface area contributed by atoms with Gasteiger partial charge in [0, 0.05) is 12.3 Å². The van der Waals surface area contributed by atoms with Crippen LogP contribution in [0.2, 0.25) is 0 Å². The third-order valence-electron chi connectivity index (χ3n) is 4.62. The lowest BCUT2D eigenvalue weighted by molar-refractivity contribution is -0.137. The Morgan fingerprint density at radius 2 is 1.82 bits per heavy atom. The number of pyridine rings is 1. The molecule has 3 aromatic heterocycles. The van der Waals surface area contributed by atoms with Crippen LogP contribution in [0.1, 0.15) is 21.9 Å². The molecule has 9 nitrogen and oxygen atoms in total. The Balaban J connectivity index is 1.42. The maximum atomic E-state index is 13.0. The molecule has 3 heterocycles. The third-order valence-corrected chi connectivity index (χ3v) is 4.62. The lowest BCUT2D eigenvalue weighted by atomic mass is 10.3. The number of rotatable bonds is 7. The smallest absolute Gasteiger partial charge is 0.417 e. The topological polar surface area (TPSA) is 103 Å². The van der Waals surface area contributed by atoms with Crippen molar-refractivity contribution >= 4 is 11.6 Å². The van der Waals surface area contributed by atoms with Crippen molar-refractivity contribution in [3.05, 3.63) is 88.2 Å². The summed E-state index contributed by atoms with van der Waals surface area (Å²) in [6.45, 7) is 0.0817. The van der Waals surface area contributed by atoms with Crippen LogP contribution in [0.4, 0.5) is 13.2 Å². The maximum Gasteiger partial charge on any atom is 0.417 e. The number of carbonyl (C=O) groups is 1. The zero-order valence-corrected chi connectivity index (χ0v) is 17.0. The van der Waals surface area contributed by atoms with E-state index in [4.69, 9.17) is 4.74 Å². The molecule has 0 aliphatic rings. The molecule has 33 heavy (non-hydrogen) atoms. The molecule has 0 saturated carbocycles. The van der Waals surface area contributed by atoms with Gasteiger partial charge in [-0.2, -0.15) is 18.3 Å². The molecule has 0 radical (unpaired) electrons. The van der Waals surface area contributed by atoms with E-state index in [0.717, 1.165) is 21.3 Å². The summed E-state index contributed by atoms with van der Waals surface area (Å²) in [4.78, 5) is 24.5. The fourth-order valence-electron chi connectivity index (χ4n) is 2.97. The summed E-state index contributed by atoms with van der Waals surface area (Å²) in [6.07, 6.45) is -3.66. The molecule has 1 aromatic carbocycles. The van der Waals surface area contributed by atoms with Gasteiger partial charge in [-0.15, -0.1) is 10.2 Å². The minimum Gasteiger partial charge on any atom is -0.492 e. The molecular formula is C21H17F3N6O3. The van der Waals surface area contributed by atoms with Crippen LogP contribution in [0.5, 0.6) is 5.75 Å². The van der Waals surface area contributed by atoms with Gasteiger partial charge in [0.05, 0.1) is 18.7 Å². The molecule has 0 saturated heterocycles. The molecule has 170 valence electrons. The van der Waals surface area contributed by atoms with Gasteiger partial charge in [-0.05, 0) is 30.3 Å². The molecule has 12 heteroatoms. The average molecular weight is 458 g/mol. The SMILES string of the molecule is O=C(NCc1nnc2ccc(C(F)(F)F)cn12)c1ccc(=O)n(CCOc2ccccc2)n1. The van der Waals surface area contributed by atoms with Gasteiger partial charge in [-0.3, -0.25) is 14.0 Å². The number of nitrogens with zero attached hydrogens (tertiary/aromatic N) is 5. The Labute approximate surface area is 184 Å². The molecule has 0 atom stereocenters. The van der Waals surface area contributed by atoms with Gasteiger partial charge in [0.1, 0.15) is 18.1 Å². The van der Waals surface area contributed by atoms with E-state index < -0.39 is 23.2 Å². The van der Waals surface area contributed by atoms with Crippen molar-refractivity contribution in [3.63, 3.8) is 0 Å². The Hall–Kier alpha value is -4.22. The maximum absolute atomic E-state index is 13.0. The van der Waals surface area contributed by atoms with Crippen molar-refractivity contribution < 1.29 is 22.7 Å². The highest BCUT2D eigenvalue weighted by Gasteiger charge is 2.31. The van der Waals surface area contributed by atoms with Crippen molar-refractivity contribution in [2.75, 3.05) is 6.61 Å². The first-order chi connectivity index (χ1) is 15.8. The first-order valence-electron chi connectivity index (χ1n) is 9.76. The monoisotopic (exact) mass is 458 g/mol. The van der Waals surface area contributed by atoms with E-state index in [-0.39, 0.29) is 36.9 Å². The largest absolute Gasteiger partial charge is 0.492 e. The Bertz CT molecular complexity index is 1330. The number of hydrogen-bond donors (Lipinski definition) is 1. The van der Waals surface area contributed by atoms with Crippen molar-refractivity contribution in [2.45, 2.75) is 19.3 Å². The Kier molecular flexibility index (Phi) is 6.07. The lowest BCUT2D eigenvalue weighted by Gasteiger charge is -2.09. The van der Waals surface area contributed by atoms with Crippen molar-refractivity contribution in [1.82, 2.24) is 29.7 Å². The molecule has 4 aromatic rings. The Morgan fingerprint density at radius 3 is 2.58 bits per heavy atom. The second-order valence-electron chi connectivity index (χ2n) is 6.88. The number of carbonyl (C=O) groups excluding carboxylic acids is 1. The lowest BCUT2D eigenvalue weighted by Crippen LogP contribution is -2.31. The van der Waals surface area contributed by atoms with Gasteiger partial charge in [0.25, 0.3) is 11.5 Å². The second kappa shape index (κ2) is 9.10. The number of fused-ring (bicyclic) bond motifs is 1. The van der Waals surface area contributed by atoms with E-state index in [1.807, 2.05) is 18.2 Å². The molecule has 1 amide bonds. The van der Waals surface area contributed by atoms with E-state index >= 15 is 0 Å². The summed E-state index contributed by atoms with van der Waals surface area (Å²) >= 11 is 0. The Morgan fingerprint density at radius 1 is 1.03 bits per heavy atom. The summed E-state index contributed by atoms with van der Waals surface area (Å²) < 4.78 is 46.7. The fourth-order valence-corrected chi connectivity index (χ4v) is 2.97. The molecule has 0 bridgehead atoms. The molecule has 0 unspecified atom stereocenters. The zero-order valence-electron chi connectivity index (χ0n) is 17.0. The van der Waals surface area contributed by atoms with Crippen LogP contribution in [0.3, 0.4) is 0 Å². The quantitative estimate of drug-likeness (QED) is 0.456. The van der Waals surface area contributed by atoms with E-state index in [2.05, 4.69) is 20.6 Å². The third kappa shape index (κ3) is 5.17. The molecule has 4 rings (SSSR count). The summed E-state index contributed by atoms with van der Waals surface area (Å²) in [5, 5.41) is 14.2. The molecule has 1 N–H and O–H groups in total. The molecule has 0 fully saturated rings. The number of halogens is 3. The van der Waals surface area contributed by atoms with Crippen LogP contribution in [0.15, 0.2) is 65.6 Å². The standard InChI is InChI=1S/C21H17F3N6O3/c22-21(23,24)14-6-8-17-26-27-18(29(17)13-14)12-25-20(32)16-7-9-19(31)30(28-16)10-11-33-15-4-2-1-3-5-15/h1-9,13H,10-12H2,(H,25,32). The number of benzene rings is 1. The van der Waals surface area contributed by atoms with Gasteiger partial charge in [0.15, 0.2) is 11.5 Å². The average Bonchev–Trinajstić information content (AvgIpc) is 3.21. The van der Waals surface area contributed by atoms with Crippen molar-refractivity contribution in [2.24, 2.45) is 0 Å². The second-order valence-corrected chi connectivity index (χ2v) is 6.88. The van der Waals surface area contributed by atoms with Gasteiger partial charge in [0.2, 0.25) is 0 Å². The normalized spacial score (nSPS) is 11.5. The first-order valence-corrected chi connectivity index (χ1v) is 9.76. The van der Waals surface area contributed by atoms with Gasteiger partial charge in [-0.1, -0.05) is 18.2 Å². The van der Waals surface area contributed by atoms with Crippen molar-refractivity contribution in [1.29, 1.82) is 0 Å². The van der Waals surface area contributed by atoms with E-state index in [9.17, 15) is 22.8 Å². The zero-order chi connectivity index (χ0) is 23.4. The van der Waals surface area contributed by atoms with Crippen LogP contribution in [0.25, 0.3) is 5.65 Å². The highest BCUT2D eigenvalue weighted by atomic mass is 19.4. The number of amides is 1. The number of ether oxygens (including phenoxy) is 1. The minimum atomic E-state index is -4.53. The predicted octanol–water partition coefficient (Wildman–Crippen LogP) is 2.31. The van der Waals surface area contributed by atoms with Crippen molar-refractivity contribution in [3.8, 4) is 5.75 Å². The fraction of sp³-hybridized carbons (Fsp3) is 0.190. The van der Waals surface area contributed by atoms with Gasteiger partial charge >= 0.3 is 6.18 Å². The van der Waals surface area contributed by atoms with Crippen LogP contribution in [0, 0.1) is 0 Å². The van der Waals surface area contributed by atoms with E-state index in [1.165, 1.54) is 18.2 Å². The summed E-state index contributed by atoms with van der Waals surface area (Å²) in [6, 6.07) is 13.6. The van der Waals surface area contributed by atoms with Crippen LogP contribution in [-0.2, 0) is 19.3 Å². The van der Waals surface area contributed by atoms with E-state index in [0.29, 0.717) is 5.75 Å². The first kappa shape index (κ1) is 22.0. The van der Waals surface area contributed by atoms with Gasteiger partial charge < -0.3 is 10.1 Å². The number of aromatic nitrogens is 5. The summed E-state index contributed by atoms with van der Waals surface area (Å²) in [5.41, 5.74) is -1.11. The number of alkyl halides is 3. The summed E-state index contributed by atoms with van der Waals surface area (Å²) in [5.74, 6) is 0.110. The van der Waals surface area contributed by atoms with E-state index in [1.54, 1.807) is 12.1 Å². The molecule has 0 aliphatic carbocycles. The molecular weight excluding hydrogens is 441 g/mol. The van der Waals surface area contributed by atoms with Crippen LogP contribution < -0.4 is 15.6 Å². The number of para-hydroxylation sites is 1.